The fourth-order valence-electron chi connectivity index (χ4n) is 2.19. The van der Waals surface area contributed by atoms with Gasteiger partial charge in [0, 0.05) is 18.3 Å². The van der Waals surface area contributed by atoms with Gasteiger partial charge in [0.15, 0.2) is 0 Å². The average Bonchev–Trinajstić information content (AvgIpc) is 2.26. The zero-order chi connectivity index (χ0) is 10.4. The van der Waals surface area contributed by atoms with E-state index in [1.807, 2.05) is 0 Å². The van der Waals surface area contributed by atoms with Crippen LogP contribution in [0.2, 0.25) is 0 Å². The summed E-state index contributed by atoms with van der Waals surface area (Å²) in [6.45, 7) is 4.05. The summed E-state index contributed by atoms with van der Waals surface area (Å²) in [4.78, 5) is 12.0. The van der Waals surface area contributed by atoms with Crippen LogP contribution in [0.5, 0.6) is 0 Å². The number of rotatable bonds is 4. The normalized spacial score (nSPS) is 20.0. The highest BCUT2D eigenvalue weighted by Gasteiger charge is 2.36. The molecule has 1 saturated heterocycles. The van der Waals surface area contributed by atoms with Gasteiger partial charge in [-0.15, -0.1) is 12.3 Å². The number of terminal acetylenes is 1. The third-order valence-electron chi connectivity index (χ3n) is 3.33. The molecule has 1 heterocycles. The molecule has 0 amide bonds. The molecule has 0 unspecified atom stereocenters. The summed E-state index contributed by atoms with van der Waals surface area (Å²) in [5.74, 6) is 2.92. The highest BCUT2D eigenvalue weighted by molar-refractivity contribution is 5.85. The van der Waals surface area contributed by atoms with Gasteiger partial charge in [-0.2, -0.15) is 0 Å². The van der Waals surface area contributed by atoms with E-state index in [-0.39, 0.29) is 5.41 Å². The zero-order valence-corrected chi connectivity index (χ0v) is 8.94. The van der Waals surface area contributed by atoms with Crippen LogP contribution in [0, 0.1) is 17.8 Å². The van der Waals surface area contributed by atoms with Crippen LogP contribution in [0.4, 0.5) is 0 Å². The summed E-state index contributed by atoms with van der Waals surface area (Å²) in [5.41, 5.74) is -0.0674. The maximum atomic E-state index is 12.0. The van der Waals surface area contributed by atoms with Crippen molar-refractivity contribution in [1.29, 1.82) is 0 Å². The first kappa shape index (κ1) is 11.3. The summed E-state index contributed by atoms with van der Waals surface area (Å²) in [5, 5.41) is 3.29. The Morgan fingerprint density at radius 2 is 2.14 bits per heavy atom. The lowest BCUT2D eigenvalue weighted by Gasteiger charge is -2.35. The van der Waals surface area contributed by atoms with Gasteiger partial charge in [-0.1, -0.05) is 6.92 Å². The first-order valence-corrected chi connectivity index (χ1v) is 5.42. The van der Waals surface area contributed by atoms with Gasteiger partial charge < -0.3 is 5.32 Å². The van der Waals surface area contributed by atoms with E-state index >= 15 is 0 Å². The molecule has 0 bridgehead atoms. The van der Waals surface area contributed by atoms with Crippen molar-refractivity contribution in [3.8, 4) is 12.3 Å². The Morgan fingerprint density at radius 3 is 2.64 bits per heavy atom. The van der Waals surface area contributed by atoms with Crippen LogP contribution in [-0.4, -0.2) is 18.9 Å². The van der Waals surface area contributed by atoms with E-state index in [4.69, 9.17) is 6.42 Å². The van der Waals surface area contributed by atoms with E-state index in [1.165, 1.54) is 0 Å². The van der Waals surface area contributed by atoms with Gasteiger partial charge in [0.1, 0.15) is 5.78 Å². The summed E-state index contributed by atoms with van der Waals surface area (Å²) in [6, 6.07) is 0. The van der Waals surface area contributed by atoms with Crippen LogP contribution in [0.15, 0.2) is 0 Å². The standard InChI is InChI=1S/C12H19NO/c1-3-5-6-11(14)12(4-2)7-9-13-10-8-12/h1,13H,4-10H2,2H3. The van der Waals surface area contributed by atoms with Gasteiger partial charge in [0.2, 0.25) is 0 Å². The summed E-state index contributed by atoms with van der Waals surface area (Å²) < 4.78 is 0. The SMILES string of the molecule is C#CCCC(=O)C1(CC)CCNCC1. The minimum atomic E-state index is -0.0674. The van der Waals surface area contributed by atoms with Gasteiger partial charge in [-0.05, 0) is 32.4 Å². The molecule has 1 N–H and O–H groups in total. The number of carbonyl (C=O) groups excluding carboxylic acids is 1. The van der Waals surface area contributed by atoms with Gasteiger partial charge in [0.25, 0.3) is 0 Å². The van der Waals surface area contributed by atoms with Crippen LogP contribution in [0.1, 0.15) is 39.0 Å². The molecular weight excluding hydrogens is 174 g/mol. The highest BCUT2D eigenvalue weighted by Crippen LogP contribution is 2.34. The molecule has 2 nitrogen and oxygen atoms in total. The molecule has 1 fully saturated rings. The van der Waals surface area contributed by atoms with Crippen LogP contribution in [0.25, 0.3) is 0 Å². The Bertz CT molecular complexity index is 233. The van der Waals surface area contributed by atoms with Gasteiger partial charge in [0.05, 0.1) is 0 Å². The maximum absolute atomic E-state index is 12.0. The van der Waals surface area contributed by atoms with Crippen molar-refractivity contribution in [1.82, 2.24) is 5.32 Å². The second-order valence-corrected chi connectivity index (χ2v) is 4.01. The highest BCUT2D eigenvalue weighted by atomic mass is 16.1. The summed E-state index contributed by atoms with van der Waals surface area (Å²) in [6.07, 6.45) is 9.24. The fraction of sp³-hybridized carbons (Fsp3) is 0.750. The van der Waals surface area contributed by atoms with Crippen molar-refractivity contribution in [3.63, 3.8) is 0 Å². The maximum Gasteiger partial charge on any atom is 0.140 e. The van der Waals surface area contributed by atoms with E-state index in [1.54, 1.807) is 0 Å². The first-order chi connectivity index (χ1) is 6.75. The molecule has 1 aliphatic rings. The lowest BCUT2D eigenvalue weighted by atomic mass is 9.72. The van der Waals surface area contributed by atoms with Crippen LogP contribution < -0.4 is 5.32 Å². The molecule has 0 radical (unpaired) electrons. The van der Waals surface area contributed by atoms with Gasteiger partial charge in [-0.25, -0.2) is 0 Å². The molecule has 1 aliphatic heterocycles. The lowest BCUT2D eigenvalue weighted by molar-refractivity contribution is -0.130. The second-order valence-electron chi connectivity index (χ2n) is 4.01. The molecule has 0 aliphatic carbocycles. The molecule has 2 heteroatoms. The Hall–Kier alpha value is -0.810. The second kappa shape index (κ2) is 5.17. The molecule has 0 spiro atoms. The monoisotopic (exact) mass is 193 g/mol. The number of carbonyl (C=O) groups is 1. The van der Waals surface area contributed by atoms with E-state index in [0.717, 1.165) is 32.4 Å². The van der Waals surface area contributed by atoms with Crippen molar-refractivity contribution >= 4 is 5.78 Å². The Labute approximate surface area is 86.5 Å². The number of hydrogen-bond acceptors (Lipinski definition) is 2. The molecule has 0 atom stereocenters. The van der Waals surface area contributed by atoms with E-state index < -0.39 is 0 Å². The number of Topliss-reactive ketones (excluding diaryl/α,β-unsaturated/α-hetero) is 1. The van der Waals surface area contributed by atoms with Crippen LogP contribution in [0.3, 0.4) is 0 Å². The van der Waals surface area contributed by atoms with E-state index in [2.05, 4.69) is 18.2 Å². The summed E-state index contributed by atoms with van der Waals surface area (Å²) >= 11 is 0. The Kier molecular flexibility index (Phi) is 4.16. The van der Waals surface area contributed by atoms with Crippen molar-refractivity contribution in [2.75, 3.05) is 13.1 Å². The van der Waals surface area contributed by atoms with Gasteiger partial charge in [-0.3, -0.25) is 4.79 Å². The smallest absolute Gasteiger partial charge is 0.140 e. The third-order valence-corrected chi connectivity index (χ3v) is 3.33. The molecule has 0 aromatic carbocycles. The molecular formula is C12H19NO. The molecule has 14 heavy (non-hydrogen) atoms. The van der Waals surface area contributed by atoms with Crippen LogP contribution >= 0.6 is 0 Å². The van der Waals surface area contributed by atoms with Crippen molar-refractivity contribution in [2.45, 2.75) is 39.0 Å². The van der Waals surface area contributed by atoms with Crippen molar-refractivity contribution in [2.24, 2.45) is 5.41 Å². The van der Waals surface area contributed by atoms with Crippen molar-refractivity contribution in [3.05, 3.63) is 0 Å². The molecule has 0 aromatic rings. The molecule has 0 aromatic heterocycles. The predicted octanol–water partition coefficient (Wildman–Crippen LogP) is 1.75. The minimum Gasteiger partial charge on any atom is -0.317 e. The Balaban J connectivity index is 2.58. The Morgan fingerprint density at radius 1 is 1.50 bits per heavy atom. The quantitative estimate of drug-likeness (QED) is 0.689. The molecule has 1 rings (SSSR count). The first-order valence-electron chi connectivity index (χ1n) is 5.42. The number of hydrogen-bond donors (Lipinski definition) is 1. The van der Waals surface area contributed by atoms with E-state index in [0.29, 0.717) is 18.6 Å². The predicted molar refractivity (Wildman–Crippen MR) is 57.9 cm³/mol. The molecule has 0 saturated carbocycles. The number of nitrogens with one attached hydrogen (secondary N) is 1. The number of ketones is 1. The van der Waals surface area contributed by atoms with Crippen molar-refractivity contribution < 1.29 is 4.79 Å². The van der Waals surface area contributed by atoms with Gasteiger partial charge >= 0.3 is 0 Å². The molecule has 78 valence electrons. The lowest BCUT2D eigenvalue weighted by Crippen LogP contribution is -2.41. The van der Waals surface area contributed by atoms with Crippen LogP contribution in [-0.2, 0) is 4.79 Å². The summed E-state index contributed by atoms with van der Waals surface area (Å²) in [7, 11) is 0. The minimum absolute atomic E-state index is 0.0674. The topological polar surface area (TPSA) is 29.1 Å². The zero-order valence-electron chi connectivity index (χ0n) is 8.94. The fourth-order valence-corrected chi connectivity index (χ4v) is 2.19. The largest absolute Gasteiger partial charge is 0.317 e. The number of piperidine rings is 1. The third kappa shape index (κ3) is 2.36. The average molecular weight is 193 g/mol. The van der Waals surface area contributed by atoms with E-state index in [9.17, 15) is 4.79 Å².